The lowest BCUT2D eigenvalue weighted by Gasteiger charge is -2.32. The fourth-order valence-electron chi connectivity index (χ4n) is 2.48. The summed E-state index contributed by atoms with van der Waals surface area (Å²) < 4.78 is 0. The summed E-state index contributed by atoms with van der Waals surface area (Å²) in [5.41, 5.74) is 9.50. The Morgan fingerprint density at radius 3 is 2.24 bits per heavy atom. The topological polar surface area (TPSA) is 29.3 Å². The van der Waals surface area contributed by atoms with Crippen LogP contribution >= 0.6 is 23.2 Å². The molecule has 0 saturated heterocycles. The summed E-state index contributed by atoms with van der Waals surface area (Å²) in [4.78, 5) is 2.28. The van der Waals surface area contributed by atoms with Gasteiger partial charge < -0.3 is 10.6 Å². The predicted molar refractivity (Wildman–Crippen MR) is 92.5 cm³/mol. The van der Waals surface area contributed by atoms with E-state index in [4.69, 9.17) is 28.9 Å². The van der Waals surface area contributed by atoms with E-state index in [0.717, 1.165) is 17.8 Å². The first-order valence-corrected chi connectivity index (χ1v) is 7.80. The van der Waals surface area contributed by atoms with Gasteiger partial charge >= 0.3 is 0 Å². The summed E-state index contributed by atoms with van der Waals surface area (Å²) in [7, 11) is 0. The van der Waals surface area contributed by atoms with Gasteiger partial charge in [0.05, 0.1) is 16.1 Å². The van der Waals surface area contributed by atoms with Crippen LogP contribution in [0.1, 0.15) is 24.1 Å². The molecular formula is C17H20Cl2N2. The van der Waals surface area contributed by atoms with E-state index in [2.05, 4.69) is 43.0 Å². The van der Waals surface area contributed by atoms with Crippen molar-refractivity contribution in [2.45, 2.75) is 19.9 Å². The molecule has 0 aliphatic rings. The van der Waals surface area contributed by atoms with Crippen molar-refractivity contribution in [3.63, 3.8) is 0 Å². The highest BCUT2D eigenvalue weighted by Gasteiger charge is 2.19. The van der Waals surface area contributed by atoms with Crippen molar-refractivity contribution in [1.29, 1.82) is 0 Å². The van der Waals surface area contributed by atoms with Gasteiger partial charge in [-0.2, -0.15) is 0 Å². The van der Waals surface area contributed by atoms with Gasteiger partial charge in [-0.1, -0.05) is 47.0 Å². The van der Waals surface area contributed by atoms with E-state index in [-0.39, 0.29) is 6.04 Å². The van der Waals surface area contributed by atoms with Crippen LogP contribution in [-0.2, 0) is 0 Å². The van der Waals surface area contributed by atoms with Crippen LogP contribution in [0.15, 0.2) is 42.5 Å². The molecule has 2 rings (SSSR count). The molecule has 0 amide bonds. The van der Waals surface area contributed by atoms with Crippen molar-refractivity contribution in [2.75, 3.05) is 18.0 Å². The highest BCUT2D eigenvalue weighted by Crippen LogP contribution is 2.30. The van der Waals surface area contributed by atoms with Crippen molar-refractivity contribution in [3.8, 4) is 0 Å². The average Bonchev–Trinajstić information content (AvgIpc) is 2.49. The molecule has 0 aliphatic carbocycles. The monoisotopic (exact) mass is 322 g/mol. The zero-order valence-corrected chi connectivity index (χ0v) is 13.8. The molecule has 0 radical (unpaired) electrons. The molecule has 0 saturated carbocycles. The van der Waals surface area contributed by atoms with Gasteiger partial charge in [0.1, 0.15) is 0 Å². The molecule has 0 aliphatic heterocycles. The van der Waals surface area contributed by atoms with E-state index in [0.29, 0.717) is 16.6 Å². The maximum Gasteiger partial charge on any atom is 0.0665 e. The molecule has 0 fully saturated rings. The number of likely N-dealkylation sites (N-methyl/N-ethyl adjacent to an activating group) is 1. The molecule has 2 aromatic rings. The highest BCUT2D eigenvalue weighted by atomic mass is 35.5. The first-order chi connectivity index (χ1) is 10.1. The van der Waals surface area contributed by atoms with Gasteiger partial charge in [0, 0.05) is 18.8 Å². The minimum atomic E-state index is 0.0764. The van der Waals surface area contributed by atoms with Gasteiger partial charge in [-0.15, -0.1) is 0 Å². The predicted octanol–water partition coefficient (Wildman–Crippen LogP) is 4.83. The second-order valence-electron chi connectivity index (χ2n) is 5.05. The Balaban J connectivity index is 2.36. The fraction of sp³-hybridized carbons (Fsp3) is 0.294. The number of rotatable bonds is 5. The van der Waals surface area contributed by atoms with E-state index in [9.17, 15) is 0 Å². The van der Waals surface area contributed by atoms with Crippen LogP contribution < -0.4 is 10.6 Å². The van der Waals surface area contributed by atoms with Crippen molar-refractivity contribution in [2.24, 2.45) is 5.73 Å². The molecule has 2 N–H and O–H groups in total. The molecular weight excluding hydrogens is 303 g/mol. The summed E-state index contributed by atoms with van der Waals surface area (Å²) >= 11 is 12.1. The van der Waals surface area contributed by atoms with E-state index in [1.54, 1.807) is 0 Å². The highest BCUT2D eigenvalue weighted by molar-refractivity contribution is 6.42. The molecule has 1 atom stereocenters. The summed E-state index contributed by atoms with van der Waals surface area (Å²) in [6.07, 6.45) is 0. The minimum absolute atomic E-state index is 0.0764. The number of nitrogens with zero attached hydrogens (tertiary/aromatic N) is 1. The third-order valence-electron chi connectivity index (χ3n) is 3.63. The maximum atomic E-state index is 6.14. The van der Waals surface area contributed by atoms with Crippen LogP contribution in [0.2, 0.25) is 10.0 Å². The lowest BCUT2D eigenvalue weighted by Crippen LogP contribution is -2.33. The maximum absolute atomic E-state index is 6.14. The van der Waals surface area contributed by atoms with Gasteiger partial charge in [-0.25, -0.2) is 0 Å². The molecule has 2 nitrogen and oxygen atoms in total. The summed E-state index contributed by atoms with van der Waals surface area (Å²) in [6, 6.07) is 14.3. The lowest BCUT2D eigenvalue weighted by atomic mass is 10.0. The SMILES string of the molecule is CCN(c1ccc(C)cc1)C(CN)c1ccc(Cl)c(Cl)c1. The Labute approximate surface area is 136 Å². The molecule has 0 aromatic heterocycles. The molecule has 0 bridgehead atoms. The van der Waals surface area contributed by atoms with E-state index < -0.39 is 0 Å². The lowest BCUT2D eigenvalue weighted by molar-refractivity contribution is 0.643. The quantitative estimate of drug-likeness (QED) is 0.854. The third kappa shape index (κ3) is 3.70. The number of aryl methyl sites for hydroxylation is 1. The van der Waals surface area contributed by atoms with E-state index in [1.165, 1.54) is 5.56 Å². The Morgan fingerprint density at radius 2 is 1.71 bits per heavy atom. The van der Waals surface area contributed by atoms with Gasteiger partial charge in [0.25, 0.3) is 0 Å². The molecule has 4 heteroatoms. The van der Waals surface area contributed by atoms with Crippen molar-refractivity contribution >= 4 is 28.9 Å². The number of hydrogen-bond acceptors (Lipinski definition) is 2. The summed E-state index contributed by atoms with van der Waals surface area (Å²) in [5, 5.41) is 1.13. The normalized spacial score (nSPS) is 12.2. The first-order valence-electron chi connectivity index (χ1n) is 7.05. The average molecular weight is 323 g/mol. The van der Waals surface area contributed by atoms with Crippen LogP contribution in [0.5, 0.6) is 0 Å². The van der Waals surface area contributed by atoms with E-state index in [1.807, 2.05) is 18.2 Å². The number of benzene rings is 2. The van der Waals surface area contributed by atoms with Gasteiger partial charge in [0.2, 0.25) is 0 Å². The van der Waals surface area contributed by atoms with Crippen LogP contribution in [-0.4, -0.2) is 13.1 Å². The largest absolute Gasteiger partial charge is 0.363 e. The smallest absolute Gasteiger partial charge is 0.0665 e. The second-order valence-corrected chi connectivity index (χ2v) is 5.86. The summed E-state index contributed by atoms with van der Waals surface area (Å²) in [6.45, 7) is 5.59. The number of anilines is 1. The number of nitrogens with two attached hydrogens (primary N) is 1. The number of hydrogen-bond donors (Lipinski definition) is 1. The van der Waals surface area contributed by atoms with Crippen molar-refractivity contribution in [3.05, 3.63) is 63.6 Å². The van der Waals surface area contributed by atoms with Crippen molar-refractivity contribution in [1.82, 2.24) is 0 Å². The molecule has 1 unspecified atom stereocenters. The number of halogens is 2. The fourth-order valence-corrected chi connectivity index (χ4v) is 2.79. The Kier molecular flexibility index (Phi) is 5.51. The molecule has 21 heavy (non-hydrogen) atoms. The Hall–Kier alpha value is -1.22. The van der Waals surface area contributed by atoms with Crippen molar-refractivity contribution < 1.29 is 0 Å². The second kappa shape index (κ2) is 7.17. The molecule has 112 valence electrons. The van der Waals surface area contributed by atoms with E-state index >= 15 is 0 Å². The standard InChI is InChI=1S/C17H20Cl2N2/c1-3-21(14-7-4-12(2)5-8-14)17(11-20)13-6-9-15(18)16(19)10-13/h4-10,17H,3,11,20H2,1-2H3. The Bertz CT molecular complexity index is 596. The van der Waals surface area contributed by atoms with Crippen LogP contribution in [0.4, 0.5) is 5.69 Å². The summed E-state index contributed by atoms with van der Waals surface area (Å²) in [5.74, 6) is 0. The van der Waals surface area contributed by atoms with Gasteiger partial charge in [0.15, 0.2) is 0 Å². The molecule has 0 heterocycles. The van der Waals surface area contributed by atoms with Gasteiger partial charge in [-0.05, 0) is 43.7 Å². The van der Waals surface area contributed by atoms with Crippen LogP contribution in [0.3, 0.4) is 0 Å². The first kappa shape index (κ1) is 16.2. The van der Waals surface area contributed by atoms with Gasteiger partial charge in [-0.3, -0.25) is 0 Å². The zero-order chi connectivity index (χ0) is 15.4. The molecule has 2 aromatic carbocycles. The third-order valence-corrected chi connectivity index (χ3v) is 4.37. The molecule has 0 spiro atoms. The van der Waals surface area contributed by atoms with Crippen LogP contribution in [0.25, 0.3) is 0 Å². The zero-order valence-electron chi connectivity index (χ0n) is 12.3. The Morgan fingerprint density at radius 1 is 1.05 bits per heavy atom. The minimum Gasteiger partial charge on any atom is -0.363 e. The van der Waals surface area contributed by atoms with Crippen LogP contribution in [0, 0.1) is 6.92 Å².